The van der Waals surface area contributed by atoms with E-state index in [0.29, 0.717) is 41.3 Å². The van der Waals surface area contributed by atoms with Crippen molar-refractivity contribution in [1.29, 1.82) is 0 Å². The highest BCUT2D eigenvalue weighted by Crippen LogP contribution is 2.23. The van der Waals surface area contributed by atoms with Crippen LogP contribution in [0.25, 0.3) is 11.4 Å². The third kappa shape index (κ3) is 6.47. The van der Waals surface area contributed by atoms with Gasteiger partial charge in [0.1, 0.15) is 5.75 Å². The number of carbonyl (C=O) groups is 1. The summed E-state index contributed by atoms with van der Waals surface area (Å²) in [5.41, 5.74) is 1.92. The van der Waals surface area contributed by atoms with Gasteiger partial charge < -0.3 is 14.6 Å². The fourth-order valence-corrected chi connectivity index (χ4v) is 3.19. The molecule has 0 aliphatic heterocycles. The van der Waals surface area contributed by atoms with E-state index in [1.807, 2.05) is 43.3 Å². The van der Waals surface area contributed by atoms with Gasteiger partial charge in [-0.1, -0.05) is 34.4 Å². The third-order valence-electron chi connectivity index (χ3n) is 4.41. The van der Waals surface area contributed by atoms with Gasteiger partial charge >= 0.3 is 0 Å². The number of nitrogens with one attached hydrogen (secondary N) is 1. The molecule has 0 aliphatic carbocycles. The lowest BCUT2D eigenvalue weighted by Gasteiger charge is -2.05. The van der Waals surface area contributed by atoms with Crippen molar-refractivity contribution in [2.45, 2.75) is 32.6 Å². The highest BCUT2D eigenvalue weighted by Gasteiger charge is 2.11. The molecule has 0 bridgehead atoms. The van der Waals surface area contributed by atoms with Crippen molar-refractivity contribution in [2.24, 2.45) is 0 Å². The van der Waals surface area contributed by atoms with Crippen molar-refractivity contribution in [3.8, 4) is 17.1 Å². The maximum absolute atomic E-state index is 12.0. The number of aryl methyl sites for hydroxylation is 2. The minimum Gasteiger partial charge on any atom is -0.494 e. The molecule has 3 rings (SSSR count). The lowest BCUT2D eigenvalue weighted by Crippen LogP contribution is -2.25. The molecule has 1 aromatic heterocycles. The number of ether oxygens (including phenoxy) is 1. The highest BCUT2D eigenvalue weighted by atomic mass is 35.5. The van der Waals surface area contributed by atoms with Crippen LogP contribution in [-0.4, -0.2) is 29.2 Å². The SMILES string of the molecule is CCOc1ccc(-c2noc(CCC(=O)NCCCc3ccc(Cl)c(Cl)c3)n2)cc1. The zero-order valence-corrected chi connectivity index (χ0v) is 18.2. The Bertz CT molecular complexity index is 974. The molecule has 0 fully saturated rings. The Morgan fingerprint density at radius 2 is 1.90 bits per heavy atom. The zero-order valence-electron chi connectivity index (χ0n) is 16.7. The number of nitrogens with zero attached hydrogens (tertiary/aromatic N) is 2. The van der Waals surface area contributed by atoms with E-state index < -0.39 is 0 Å². The smallest absolute Gasteiger partial charge is 0.227 e. The number of carbonyl (C=O) groups excluding carboxylic acids is 1. The van der Waals surface area contributed by atoms with Crippen LogP contribution in [0, 0.1) is 0 Å². The lowest BCUT2D eigenvalue weighted by molar-refractivity contribution is -0.121. The van der Waals surface area contributed by atoms with Crippen LogP contribution in [0.3, 0.4) is 0 Å². The minimum absolute atomic E-state index is 0.0510. The summed E-state index contributed by atoms with van der Waals surface area (Å²) in [6, 6.07) is 13.0. The summed E-state index contributed by atoms with van der Waals surface area (Å²) in [7, 11) is 0. The van der Waals surface area contributed by atoms with Crippen LogP contribution in [0.15, 0.2) is 47.0 Å². The van der Waals surface area contributed by atoms with Gasteiger partial charge in [-0.15, -0.1) is 0 Å². The van der Waals surface area contributed by atoms with Crippen molar-refractivity contribution in [2.75, 3.05) is 13.2 Å². The lowest BCUT2D eigenvalue weighted by atomic mass is 10.1. The number of hydrogen-bond acceptors (Lipinski definition) is 5. The van der Waals surface area contributed by atoms with Crippen molar-refractivity contribution >= 4 is 29.1 Å². The summed E-state index contributed by atoms with van der Waals surface area (Å²) in [5.74, 6) is 1.67. The summed E-state index contributed by atoms with van der Waals surface area (Å²) in [6.07, 6.45) is 2.30. The van der Waals surface area contributed by atoms with Crippen LogP contribution < -0.4 is 10.1 Å². The molecule has 6 nitrogen and oxygen atoms in total. The first-order valence-electron chi connectivity index (χ1n) is 9.81. The molecule has 3 aromatic rings. The normalized spacial score (nSPS) is 10.8. The summed E-state index contributed by atoms with van der Waals surface area (Å²) in [4.78, 5) is 16.4. The van der Waals surface area contributed by atoms with E-state index in [0.717, 1.165) is 29.7 Å². The summed E-state index contributed by atoms with van der Waals surface area (Å²) in [5, 5.41) is 7.97. The first kappa shape index (κ1) is 22.1. The topological polar surface area (TPSA) is 77.2 Å². The van der Waals surface area contributed by atoms with E-state index in [2.05, 4.69) is 15.5 Å². The summed E-state index contributed by atoms with van der Waals surface area (Å²) in [6.45, 7) is 3.13. The zero-order chi connectivity index (χ0) is 21.3. The maximum Gasteiger partial charge on any atom is 0.227 e. The second kappa shape index (κ2) is 11.0. The van der Waals surface area contributed by atoms with Gasteiger partial charge in [-0.3, -0.25) is 4.79 Å². The molecule has 1 amide bonds. The predicted molar refractivity (Wildman–Crippen MR) is 117 cm³/mol. The number of halogens is 2. The molecule has 0 saturated heterocycles. The number of rotatable bonds is 10. The third-order valence-corrected chi connectivity index (χ3v) is 5.14. The molecule has 0 saturated carbocycles. The van der Waals surface area contributed by atoms with Crippen LogP contribution in [-0.2, 0) is 17.6 Å². The predicted octanol–water partition coefficient (Wildman–Crippen LogP) is 5.12. The first-order chi connectivity index (χ1) is 14.5. The molecule has 0 unspecified atom stereocenters. The van der Waals surface area contributed by atoms with E-state index in [9.17, 15) is 4.79 Å². The molecule has 0 radical (unpaired) electrons. The molecular weight excluding hydrogens is 425 g/mol. The monoisotopic (exact) mass is 447 g/mol. The van der Waals surface area contributed by atoms with Crippen molar-refractivity contribution in [1.82, 2.24) is 15.5 Å². The highest BCUT2D eigenvalue weighted by molar-refractivity contribution is 6.42. The molecule has 1 heterocycles. The fraction of sp³-hybridized carbons (Fsp3) is 0.318. The number of benzene rings is 2. The van der Waals surface area contributed by atoms with Crippen LogP contribution in [0.5, 0.6) is 5.75 Å². The molecule has 0 aliphatic rings. The Morgan fingerprint density at radius 1 is 1.10 bits per heavy atom. The van der Waals surface area contributed by atoms with E-state index in [4.69, 9.17) is 32.5 Å². The molecule has 30 heavy (non-hydrogen) atoms. The summed E-state index contributed by atoms with van der Waals surface area (Å²) >= 11 is 11.9. The average Bonchev–Trinajstić information content (AvgIpc) is 3.22. The average molecular weight is 448 g/mol. The molecule has 2 aromatic carbocycles. The number of aromatic nitrogens is 2. The molecule has 0 atom stereocenters. The fourth-order valence-electron chi connectivity index (χ4n) is 2.86. The van der Waals surface area contributed by atoms with Gasteiger partial charge in [-0.05, 0) is 61.7 Å². The molecule has 8 heteroatoms. The summed E-state index contributed by atoms with van der Waals surface area (Å²) < 4.78 is 10.7. The van der Waals surface area contributed by atoms with Crippen molar-refractivity contribution in [3.63, 3.8) is 0 Å². The second-order valence-corrected chi connectivity index (χ2v) is 7.49. The van der Waals surface area contributed by atoms with Crippen molar-refractivity contribution < 1.29 is 14.1 Å². The van der Waals surface area contributed by atoms with Crippen molar-refractivity contribution in [3.05, 3.63) is 64.0 Å². The van der Waals surface area contributed by atoms with Gasteiger partial charge in [-0.25, -0.2) is 0 Å². The molecular formula is C22H23Cl2N3O3. The molecule has 1 N–H and O–H groups in total. The maximum atomic E-state index is 12.0. The molecule has 158 valence electrons. The van der Waals surface area contributed by atoms with E-state index in [1.54, 1.807) is 6.07 Å². The van der Waals surface area contributed by atoms with Gasteiger partial charge in [0.25, 0.3) is 0 Å². The van der Waals surface area contributed by atoms with E-state index in [-0.39, 0.29) is 12.3 Å². The molecule has 0 spiro atoms. The van der Waals surface area contributed by atoms with Gasteiger partial charge in [0, 0.05) is 24.9 Å². The Balaban J connectivity index is 1.39. The Labute approximate surface area is 185 Å². The Kier molecular flexibility index (Phi) is 8.11. The second-order valence-electron chi connectivity index (χ2n) is 6.67. The van der Waals surface area contributed by atoms with Gasteiger partial charge in [0.15, 0.2) is 0 Å². The van der Waals surface area contributed by atoms with Crippen LogP contribution >= 0.6 is 23.2 Å². The quantitative estimate of drug-likeness (QED) is 0.436. The Hall–Kier alpha value is -2.57. The van der Waals surface area contributed by atoms with Gasteiger partial charge in [-0.2, -0.15) is 4.98 Å². The first-order valence-corrected chi connectivity index (χ1v) is 10.6. The Morgan fingerprint density at radius 3 is 2.63 bits per heavy atom. The van der Waals surface area contributed by atoms with Crippen LogP contribution in [0.2, 0.25) is 10.0 Å². The van der Waals surface area contributed by atoms with Crippen LogP contribution in [0.1, 0.15) is 31.2 Å². The largest absolute Gasteiger partial charge is 0.494 e. The standard InChI is InChI=1S/C22H23Cl2N3O3/c1-2-29-17-8-6-16(7-9-17)22-26-21(30-27-22)12-11-20(28)25-13-3-4-15-5-10-18(23)19(24)14-15/h5-10,14H,2-4,11-13H2,1H3,(H,25,28). The van der Waals surface area contributed by atoms with Gasteiger partial charge in [0.05, 0.1) is 16.7 Å². The van der Waals surface area contributed by atoms with E-state index in [1.165, 1.54) is 0 Å². The number of hydrogen-bond donors (Lipinski definition) is 1. The van der Waals surface area contributed by atoms with Gasteiger partial charge in [0.2, 0.25) is 17.6 Å². The van der Waals surface area contributed by atoms with Crippen LogP contribution in [0.4, 0.5) is 0 Å². The van der Waals surface area contributed by atoms with E-state index >= 15 is 0 Å². The number of amides is 1. The minimum atomic E-state index is -0.0510.